The molecule has 170 valence electrons. The van der Waals surface area contributed by atoms with Gasteiger partial charge in [-0.3, -0.25) is 9.59 Å². The van der Waals surface area contributed by atoms with Crippen LogP contribution in [0.4, 0.5) is 11.4 Å². The molecule has 1 aromatic heterocycles. The maximum Gasteiger partial charge on any atom is 0.234 e. The van der Waals surface area contributed by atoms with Crippen molar-refractivity contribution in [1.82, 2.24) is 4.57 Å². The van der Waals surface area contributed by atoms with E-state index in [-0.39, 0.29) is 11.8 Å². The summed E-state index contributed by atoms with van der Waals surface area (Å²) in [6.07, 6.45) is 2.40. The first-order valence-electron chi connectivity index (χ1n) is 11.4. The third kappa shape index (κ3) is 5.40. The first-order valence-corrected chi connectivity index (χ1v) is 12.4. The standard InChI is InChI=1S/C27H29N3O2S/c1-3-5-13-26(31)28-19-9-8-10-21(16-19)33-18-27(32)29-20-14-15-25-23(17-20)22-11-6-7-12-24(22)30(25)4-2/h6-12,14-17H,3-5,13,18H2,1-2H3,(H,28,31)(H,29,32). The van der Waals surface area contributed by atoms with Crippen molar-refractivity contribution in [2.45, 2.75) is 44.6 Å². The first kappa shape index (κ1) is 22.9. The second-order valence-electron chi connectivity index (χ2n) is 8.01. The van der Waals surface area contributed by atoms with E-state index in [0.29, 0.717) is 12.2 Å². The van der Waals surface area contributed by atoms with Crippen LogP contribution in [0.5, 0.6) is 0 Å². The zero-order valence-corrected chi connectivity index (χ0v) is 19.9. The highest BCUT2D eigenvalue weighted by Gasteiger charge is 2.11. The summed E-state index contributed by atoms with van der Waals surface area (Å²) in [6.45, 7) is 5.10. The topological polar surface area (TPSA) is 63.1 Å². The van der Waals surface area contributed by atoms with Gasteiger partial charge in [0, 0.05) is 51.0 Å². The summed E-state index contributed by atoms with van der Waals surface area (Å²) in [4.78, 5) is 25.5. The molecule has 5 nitrogen and oxygen atoms in total. The average molecular weight is 460 g/mol. The van der Waals surface area contributed by atoms with Gasteiger partial charge in [-0.2, -0.15) is 0 Å². The number of rotatable bonds is 9. The molecule has 0 saturated carbocycles. The van der Waals surface area contributed by atoms with Crippen LogP contribution in [-0.2, 0) is 16.1 Å². The first-order chi connectivity index (χ1) is 16.1. The molecule has 6 heteroatoms. The monoisotopic (exact) mass is 459 g/mol. The Balaban J connectivity index is 1.41. The number of thioether (sulfide) groups is 1. The van der Waals surface area contributed by atoms with Gasteiger partial charge < -0.3 is 15.2 Å². The van der Waals surface area contributed by atoms with Crippen LogP contribution in [0, 0.1) is 0 Å². The van der Waals surface area contributed by atoms with Crippen molar-refractivity contribution in [2.75, 3.05) is 16.4 Å². The molecule has 0 bridgehead atoms. The van der Waals surface area contributed by atoms with Gasteiger partial charge in [0.15, 0.2) is 0 Å². The number of anilines is 2. The molecule has 4 rings (SSSR count). The number of para-hydroxylation sites is 1. The summed E-state index contributed by atoms with van der Waals surface area (Å²) in [5, 5.41) is 8.29. The molecule has 33 heavy (non-hydrogen) atoms. The fraction of sp³-hybridized carbons (Fsp3) is 0.259. The number of hydrogen-bond donors (Lipinski definition) is 2. The molecule has 0 radical (unpaired) electrons. The van der Waals surface area contributed by atoms with E-state index >= 15 is 0 Å². The molecule has 0 atom stereocenters. The molecule has 4 aromatic rings. The zero-order chi connectivity index (χ0) is 23.2. The van der Waals surface area contributed by atoms with Gasteiger partial charge >= 0.3 is 0 Å². The minimum atomic E-state index is -0.0593. The van der Waals surface area contributed by atoms with Gasteiger partial charge in [-0.15, -0.1) is 11.8 Å². The number of unbranched alkanes of at least 4 members (excludes halogenated alkanes) is 1. The number of nitrogens with one attached hydrogen (secondary N) is 2. The maximum absolute atomic E-state index is 12.6. The third-order valence-corrected chi connectivity index (χ3v) is 6.61. The Morgan fingerprint density at radius 1 is 0.818 bits per heavy atom. The summed E-state index contributed by atoms with van der Waals surface area (Å²) >= 11 is 1.45. The Kier molecular flexibility index (Phi) is 7.35. The molecule has 0 aliphatic rings. The van der Waals surface area contributed by atoms with Gasteiger partial charge in [0.1, 0.15) is 0 Å². The largest absolute Gasteiger partial charge is 0.341 e. The number of aromatic nitrogens is 1. The quantitative estimate of drug-likeness (QED) is 0.275. The van der Waals surface area contributed by atoms with Gasteiger partial charge in [0.2, 0.25) is 11.8 Å². The fourth-order valence-electron chi connectivity index (χ4n) is 4.04. The third-order valence-electron chi connectivity index (χ3n) is 5.62. The van der Waals surface area contributed by atoms with Crippen LogP contribution in [0.3, 0.4) is 0 Å². The number of amides is 2. The molecule has 0 fully saturated rings. The highest BCUT2D eigenvalue weighted by molar-refractivity contribution is 8.00. The lowest BCUT2D eigenvalue weighted by Crippen LogP contribution is -2.14. The molecular formula is C27H29N3O2S. The molecular weight excluding hydrogens is 430 g/mol. The molecule has 0 spiro atoms. The Labute approximate surface area is 198 Å². The van der Waals surface area contributed by atoms with Crippen molar-refractivity contribution in [1.29, 1.82) is 0 Å². The highest BCUT2D eigenvalue weighted by Crippen LogP contribution is 2.31. The molecule has 0 aliphatic heterocycles. The number of fused-ring (bicyclic) bond motifs is 3. The van der Waals surface area contributed by atoms with Crippen LogP contribution in [0.1, 0.15) is 33.1 Å². The van der Waals surface area contributed by atoms with Crippen LogP contribution in [0.25, 0.3) is 21.8 Å². The van der Waals surface area contributed by atoms with Crippen molar-refractivity contribution in [3.05, 3.63) is 66.7 Å². The number of nitrogens with zero attached hydrogens (tertiary/aromatic N) is 1. The van der Waals surface area contributed by atoms with Crippen LogP contribution < -0.4 is 10.6 Å². The van der Waals surface area contributed by atoms with E-state index in [1.165, 1.54) is 28.2 Å². The average Bonchev–Trinajstić information content (AvgIpc) is 3.14. The fourth-order valence-corrected chi connectivity index (χ4v) is 4.80. The maximum atomic E-state index is 12.6. The van der Waals surface area contributed by atoms with E-state index in [4.69, 9.17) is 0 Å². The Morgan fingerprint density at radius 3 is 2.39 bits per heavy atom. The molecule has 1 heterocycles. The molecule has 2 N–H and O–H groups in total. The van der Waals surface area contributed by atoms with Crippen molar-refractivity contribution in [3.8, 4) is 0 Å². The van der Waals surface area contributed by atoms with Gasteiger partial charge in [-0.05, 0) is 55.8 Å². The number of carbonyl (C=O) groups excluding carboxylic acids is 2. The lowest BCUT2D eigenvalue weighted by molar-refractivity contribution is -0.116. The predicted molar refractivity (Wildman–Crippen MR) is 139 cm³/mol. The van der Waals surface area contributed by atoms with Crippen LogP contribution in [0.2, 0.25) is 0 Å². The zero-order valence-electron chi connectivity index (χ0n) is 19.1. The lowest BCUT2D eigenvalue weighted by atomic mass is 10.1. The van der Waals surface area contributed by atoms with Crippen LogP contribution in [0.15, 0.2) is 71.6 Å². The van der Waals surface area contributed by atoms with Crippen LogP contribution in [-0.4, -0.2) is 22.1 Å². The van der Waals surface area contributed by atoms with E-state index in [0.717, 1.165) is 41.0 Å². The highest BCUT2D eigenvalue weighted by atomic mass is 32.2. The molecule has 2 amide bonds. The molecule has 0 aliphatic carbocycles. The summed E-state index contributed by atoms with van der Waals surface area (Å²) in [7, 11) is 0. The van der Waals surface area contributed by atoms with Crippen molar-refractivity contribution in [3.63, 3.8) is 0 Å². The van der Waals surface area contributed by atoms with E-state index in [9.17, 15) is 9.59 Å². The normalized spacial score (nSPS) is 11.1. The minimum absolute atomic E-state index is 0.0246. The predicted octanol–water partition coefficient (Wildman–Crippen LogP) is 6.67. The van der Waals surface area contributed by atoms with Crippen molar-refractivity contribution < 1.29 is 9.59 Å². The number of carbonyl (C=O) groups is 2. The molecule has 3 aromatic carbocycles. The minimum Gasteiger partial charge on any atom is -0.341 e. The van der Waals surface area contributed by atoms with Gasteiger partial charge in [-0.1, -0.05) is 37.6 Å². The lowest BCUT2D eigenvalue weighted by Gasteiger charge is -2.08. The second kappa shape index (κ2) is 10.6. The Hall–Kier alpha value is -3.25. The van der Waals surface area contributed by atoms with Crippen molar-refractivity contribution in [2.24, 2.45) is 0 Å². The van der Waals surface area contributed by atoms with E-state index in [1.54, 1.807) is 0 Å². The van der Waals surface area contributed by atoms with E-state index in [2.05, 4.69) is 59.4 Å². The summed E-state index contributed by atoms with van der Waals surface area (Å²) in [6, 6.07) is 22.1. The van der Waals surface area contributed by atoms with Crippen molar-refractivity contribution >= 4 is 56.8 Å². The summed E-state index contributed by atoms with van der Waals surface area (Å²) < 4.78 is 2.29. The van der Waals surface area contributed by atoms with Gasteiger partial charge in [0.25, 0.3) is 0 Å². The number of aryl methyl sites for hydroxylation is 1. The SMILES string of the molecule is CCCCC(=O)Nc1cccc(SCC(=O)Nc2ccc3c(c2)c2ccccc2n3CC)c1. The van der Waals surface area contributed by atoms with Gasteiger partial charge in [-0.25, -0.2) is 0 Å². The molecule has 0 saturated heterocycles. The number of benzene rings is 3. The van der Waals surface area contributed by atoms with E-state index < -0.39 is 0 Å². The summed E-state index contributed by atoms with van der Waals surface area (Å²) in [5.41, 5.74) is 3.93. The van der Waals surface area contributed by atoms with E-state index in [1.807, 2.05) is 36.4 Å². The number of hydrogen-bond acceptors (Lipinski definition) is 3. The Bertz CT molecular complexity index is 1300. The smallest absolute Gasteiger partial charge is 0.234 e. The van der Waals surface area contributed by atoms with Gasteiger partial charge in [0.05, 0.1) is 5.75 Å². The summed E-state index contributed by atoms with van der Waals surface area (Å²) in [5.74, 6) is 0.259. The molecule has 0 unspecified atom stereocenters. The second-order valence-corrected chi connectivity index (χ2v) is 9.06. The van der Waals surface area contributed by atoms with Crippen LogP contribution >= 0.6 is 11.8 Å². The Morgan fingerprint density at radius 2 is 1.58 bits per heavy atom.